The fourth-order valence-electron chi connectivity index (χ4n) is 3.27. The van der Waals surface area contributed by atoms with E-state index in [-0.39, 0.29) is 6.42 Å². The number of alkyl carbamates (subject to hydrolysis) is 1. The minimum absolute atomic E-state index is 0.164. The summed E-state index contributed by atoms with van der Waals surface area (Å²) < 4.78 is 7.31. The van der Waals surface area contributed by atoms with Gasteiger partial charge >= 0.3 is 12.1 Å². The Morgan fingerprint density at radius 3 is 2.38 bits per heavy atom. The third-order valence-electron chi connectivity index (χ3n) is 4.48. The summed E-state index contributed by atoms with van der Waals surface area (Å²) in [7, 11) is 0. The Morgan fingerprint density at radius 2 is 1.72 bits per heavy atom. The highest BCUT2D eigenvalue weighted by molar-refractivity contribution is 5.86. The summed E-state index contributed by atoms with van der Waals surface area (Å²) >= 11 is 0. The first-order valence-electron chi connectivity index (χ1n) is 9.56. The molecule has 0 aliphatic carbocycles. The highest BCUT2D eigenvalue weighted by Crippen LogP contribution is 2.24. The van der Waals surface area contributed by atoms with E-state index < -0.39 is 23.7 Å². The number of aromatic nitrogens is 1. The predicted molar refractivity (Wildman–Crippen MR) is 112 cm³/mol. The summed E-state index contributed by atoms with van der Waals surface area (Å²) in [5, 5.41) is 13.1. The molecule has 0 unspecified atom stereocenters. The molecule has 0 aliphatic rings. The van der Waals surface area contributed by atoms with Gasteiger partial charge in [-0.3, -0.25) is 0 Å². The summed E-state index contributed by atoms with van der Waals surface area (Å²) in [6.07, 6.45) is 1.39. The Bertz CT molecular complexity index is 1000. The zero-order chi connectivity index (χ0) is 21.0. The molecule has 0 fully saturated rings. The van der Waals surface area contributed by atoms with Crippen molar-refractivity contribution in [2.45, 2.75) is 45.4 Å². The van der Waals surface area contributed by atoms with Crippen molar-refractivity contribution in [3.05, 3.63) is 71.9 Å². The number of carboxylic acid groups (broad SMARTS) is 1. The van der Waals surface area contributed by atoms with E-state index in [2.05, 4.69) is 22.0 Å². The predicted octanol–water partition coefficient (Wildman–Crippen LogP) is 4.21. The van der Waals surface area contributed by atoms with Crippen molar-refractivity contribution < 1.29 is 19.4 Å². The smallest absolute Gasteiger partial charge is 0.408 e. The zero-order valence-electron chi connectivity index (χ0n) is 16.9. The third kappa shape index (κ3) is 5.38. The molecule has 1 heterocycles. The van der Waals surface area contributed by atoms with Gasteiger partial charge in [0.05, 0.1) is 0 Å². The molecule has 0 spiro atoms. The number of benzene rings is 2. The van der Waals surface area contributed by atoms with Gasteiger partial charge in [0.1, 0.15) is 11.6 Å². The molecule has 29 heavy (non-hydrogen) atoms. The lowest BCUT2D eigenvalue weighted by atomic mass is 10.1. The number of ether oxygens (including phenoxy) is 1. The van der Waals surface area contributed by atoms with Crippen molar-refractivity contribution in [2.75, 3.05) is 0 Å². The Kier molecular flexibility index (Phi) is 5.92. The van der Waals surface area contributed by atoms with Crippen LogP contribution in [0, 0.1) is 0 Å². The van der Waals surface area contributed by atoms with Crippen LogP contribution >= 0.6 is 0 Å². The number of hydrogen-bond donors (Lipinski definition) is 2. The summed E-state index contributed by atoms with van der Waals surface area (Å²) in [4.78, 5) is 23.8. The van der Waals surface area contributed by atoms with Gasteiger partial charge in [0, 0.05) is 30.1 Å². The Labute approximate surface area is 170 Å². The number of carbonyl (C=O) groups is 2. The lowest BCUT2D eigenvalue weighted by Crippen LogP contribution is -2.44. The van der Waals surface area contributed by atoms with Crippen molar-refractivity contribution in [2.24, 2.45) is 0 Å². The highest BCUT2D eigenvalue weighted by Gasteiger charge is 2.25. The number of nitrogens with one attached hydrogen (secondary N) is 1. The largest absolute Gasteiger partial charge is 0.480 e. The Balaban J connectivity index is 1.86. The van der Waals surface area contributed by atoms with E-state index in [1.165, 1.54) is 0 Å². The second-order valence-electron chi connectivity index (χ2n) is 8.03. The first-order chi connectivity index (χ1) is 13.7. The molecule has 0 saturated carbocycles. The van der Waals surface area contributed by atoms with Crippen LogP contribution in [0.1, 0.15) is 31.9 Å². The number of carboxylic acids is 1. The summed E-state index contributed by atoms with van der Waals surface area (Å²) in [6.45, 7) is 5.89. The molecule has 2 N–H and O–H groups in total. The number of amides is 1. The van der Waals surface area contributed by atoms with E-state index in [0.717, 1.165) is 22.0 Å². The lowest BCUT2D eigenvalue weighted by molar-refractivity contribution is -0.139. The van der Waals surface area contributed by atoms with Gasteiger partial charge in [-0.1, -0.05) is 48.5 Å². The molecule has 0 radical (unpaired) electrons. The van der Waals surface area contributed by atoms with Crippen molar-refractivity contribution in [3.63, 3.8) is 0 Å². The molecule has 0 saturated heterocycles. The topological polar surface area (TPSA) is 80.6 Å². The van der Waals surface area contributed by atoms with Crippen LogP contribution in [0.25, 0.3) is 10.9 Å². The molecule has 3 aromatic rings. The molecule has 0 aliphatic heterocycles. The van der Waals surface area contributed by atoms with E-state index in [1.54, 1.807) is 20.8 Å². The number of fused-ring (bicyclic) bond motifs is 1. The number of carbonyl (C=O) groups excluding carboxylic acids is 1. The van der Waals surface area contributed by atoms with Crippen LogP contribution in [0.5, 0.6) is 0 Å². The van der Waals surface area contributed by atoms with Crippen LogP contribution in [0.15, 0.2) is 60.8 Å². The molecule has 6 heteroatoms. The molecule has 3 rings (SSSR count). The van der Waals surface area contributed by atoms with Crippen molar-refractivity contribution in [1.82, 2.24) is 9.88 Å². The maximum Gasteiger partial charge on any atom is 0.408 e. The van der Waals surface area contributed by atoms with Gasteiger partial charge in [-0.05, 0) is 38.0 Å². The lowest BCUT2D eigenvalue weighted by Gasteiger charge is -2.22. The van der Waals surface area contributed by atoms with Gasteiger partial charge in [-0.2, -0.15) is 0 Å². The third-order valence-corrected chi connectivity index (χ3v) is 4.48. The molecule has 2 aromatic carbocycles. The average molecular weight is 394 g/mol. The van der Waals surface area contributed by atoms with E-state index in [1.807, 2.05) is 48.7 Å². The van der Waals surface area contributed by atoms with Crippen LogP contribution in [0.4, 0.5) is 4.79 Å². The summed E-state index contributed by atoms with van der Waals surface area (Å²) in [5.74, 6) is -1.10. The van der Waals surface area contributed by atoms with Gasteiger partial charge in [0.2, 0.25) is 0 Å². The normalized spacial score (nSPS) is 12.5. The van der Waals surface area contributed by atoms with Gasteiger partial charge < -0.3 is 19.7 Å². The van der Waals surface area contributed by atoms with E-state index in [0.29, 0.717) is 6.54 Å². The molecule has 6 nitrogen and oxygen atoms in total. The molecule has 0 bridgehead atoms. The van der Waals surface area contributed by atoms with Gasteiger partial charge in [-0.15, -0.1) is 0 Å². The minimum atomic E-state index is -1.10. The Morgan fingerprint density at radius 1 is 1.07 bits per heavy atom. The van der Waals surface area contributed by atoms with Crippen molar-refractivity contribution in [1.29, 1.82) is 0 Å². The maximum absolute atomic E-state index is 12.1. The minimum Gasteiger partial charge on any atom is -0.480 e. The van der Waals surface area contributed by atoms with E-state index in [9.17, 15) is 14.7 Å². The van der Waals surface area contributed by atoms with Crippen LogP contribution in [-0.2, 0) is 22.5 Å². The number of nitrogens with zero attached hydrogens (tertiary/aromatic N) is 1. The molecule has 1 aromatic heterocycles. The standard InChI is InChI=1S/C23H26N2O4/c1-23(2,3)29-22(28)24-19(21(26)27)13-17-15-25(14-16-9-5-4-6-10-16)20-12-8-7-11-18(17)20/h4-12,15,19H,13-14H2,1-3H3,(H,24,28)(H,26,27)/t19-/m0/s1. The molecule has 1 amide bonds. The first-order valence-corrected chi connectivity index (χ1v) is 9.56. The summed E-state index contributed by atoms with van der Waals surface area (Å²) in [6, 6.07) is 16.9. The number of para-hydroxylation sites is 1. The van der Waals surface area contributed by atoms with Gasteiger partial charge in [0.15, 0.2) is 0 Å². The first kappa shape index (κ1) is 20.5. The zero-order valence-corrected chi connectivity index (χ0v) is 16.9. The quantitative estimate of drug-likeness (QED) is 0.656. The number of aliphatic carboxylic acids is 1. The van der Waals surface area contributed by atoms with E-state index in [4.69, 9.17) is 4.74 Å². The highest BCUT2D eigenvalue weighted by atomic mass is 16.6. The van der Waals surface area contributed by atoms with Crippen LogP contribution in [0.2, 0.25) is 0 Å². The monoisotopic (exact) mass is 394 g/mol. The van der Waals surface area contributed by atoms with Crippen molar-refractivity contribution in [3.8, 4) is 0 Å². The van der Waals surface area contributed by atoms with Crippen LogP contribution in [-0.4, -0.2) is 33.4 Å². The molecule has 1 atom stereocenters. The number of rotatable bonds is 6. The van der Waals surface area contributed by atoms with Crippen molar-refractivity contribution >= 4 is 23.0 Å². The second kappa shape index (κ2) is 8.39. The van der Waals surface area contributed by atoms with E-state index >= 15 is 0 Å². The van der Waals surface area contributed by atoms with Crippen LogP contribution < -0.4 is 5.32 Å². The SMILES string of the molecule is CC(C)(C)OC(=O)N[C@@H](Cc1cn(Cc2ccccc2)c2ccccc12)C(=O)O. The maximum atomic E-state index is 12.1. The summed E-state index contributed by atoms with van der Waals surface area (Å²) in [5.41, 5.74) is 2.34. The number of hydrogen-bond acceptors (Lipinski definition) is 3. The molecular weight excluding hydrogens is 368 g/mol. The fraction of sp³-hybridized carbons (Fsp3) is 0.304. The van der Waals surface area contributed by atoms with Gasteiger partial charge in [-0.25, -0.2) is 9.59 Å². The fourth-order valence-corrected chi connectivity index (χ4v) is 3.27. The van der Waals surface area contributed by atoms with Crippen LogP contribution in [0.3, 0.4) is 0 Å². The second-order valence-corrected chi connectivity index (χ2v) is 8.03. The van der Waals surface area contributed by atoms with Gasteiger partial charge in [0.25, 0.3) is 0 Å². The average Bonchev–Trinajstić information content (AvgIpc) is 2.98. The molecule has 152 valence electrons. The molecular formula is C23H26N2O4. The Hall–Kier alpha value is -3.28.